The molecule has 0 saturated heterocycles. The molecule has 4 aromatic rings. The van der Waals surface area contributed by atoms with Gasteiger partial charge in [-0.3, -0.25) is 9.48 Å². The molecule has 3 heterocycles. The third kappa shape index (κ3) is 3.28. The van der Waals surface area contributed by atoms with Gasteiger partial charge in [0.1, 0.15) is 0 Å². The molecule has 0 unspecified atom stereocenters. The van der Waals surface area contributed by atoms with Crippen LogP contribution in [0.15, 0.2) is 73.3 Å². The molecule has 0 fully saturated rings. The Hall–Kier alpha value is -3.41. The number of benzene rings is 1. The highest BCUT2D eigenvalue weighted by molar-refractivity contribution is 5.94. The van der Waals surface area contributed by atoms with E-state index in [2.05, 4.69) is 15.5 Å². The van der Waals surface area contributed by atoms with E-state index in [1.165, 1.54) is 0 Å². The minimum absolute atomic E-state index is 0.0994. The highest BCUT2D eigenvalue weighted by Gasteiger charge is 2.09. The van der Waals surface area contributed by atoms with Crippen molar-refractivity contribution in [3.05, 3.63) is 90.0 Å². The lowest BCUT2D eigenvalue weighted by atomic mass is 10.1. The lowest BCUT2D eigenvalue weighted by Crippen LogP contribution is -2.22. The molecule has 4 rings (SSSR count). The molecule has 0 radical (unpaired) electrons. The molecule has 0 bridgehead atoms. The highest BCUT2D eigenvalue weighted by atomic mass is 16.1. The summed E-state index contributed by atoms with van der Waals surface area (Å²) in [6.45, 7) is 1.08. The van der Waals surface area contributed by atoms with Gasteiger partial charge in [-0.15, -0.1) is 0 Å². The molecule has 6 heteroatoms. The molecule has 6 nitrogen and oxygen atoms in total. The molecule has 0 aliphatic rings. The molecule has 0 aliphatic carbocycles. The van der Waals surface area contributed by atoms with Gasteiger partial charge >= 0.3 is 0 Å². The van der Waals surface area contributed by atoms with Crippen LogP contribution in [-0.2, 0) is 13.1 Å². The Bertz CT molecular complexity index is 1000. The minimum atomic E-state index is -0.0994. The summed E-state index contributed by atoms with van der Waals surface area (Å²) in [5.41, 5.74) is 3.66. The lowest BCUT2D eigenvalue weighted by molar-refractivity contribution is 0.0951. The third-order valence-electron chi connectivity index (χ3n) is 4.04. The van der Waals surface area contributed by atoms with Crippen molar-refractivity contribution in [1.29, 1.82) is 0 Å². The van der Waals surface area contributed by atoms with E-state index in [4.69, 9.17) is 0 Å². The van der Waals surface area contributed by atoms with Crippen LogP contribution >= 0.6 is 0 Å². The predicted molar refractivity (Wildman–Crippen MR) is 94.1 cm³/mol. The average molecular weight is 331 g/mol. The standard InChI is InChI=1S/C19H17N5O/c25-19(20-12-17-13-22-24-10-2-1-7-18(17)24)16-6-3-5-15(11-16)14-23-9-4-8-21-23/h1-11,13H,12,14H2,(H,20,25). The lowest BCUT2D eigenvalue weighted by Gasteiger charge is -2.07. The molecule has 1 amide bonds. The van der Waals surface area contributed by atoms with Crippen molar-refractivity contribution in [1.82, 2.24) is 24.7 Å². The van der Waals surface area contributed by atoms with Crippen molar-refractivity contribution < 1.29 is 4.79 Å². The van der Waals surface area contributed by atoms with E-state index in [9.17, 15) is 4.79 Å². The van der Waals surface area contributed by atoms with Gasteiger partial charge in [0.2, 0.25) is 0 Å². The Morgan fingerprint density at radius 3 is 2.88 bits per heavy atom. The predicted octanol–water partition coefficient (Wildman–Crippen LogP) is 2.51. The zero-order valence-electron chi connectivity index (χ0n) is 13.5. The first-order chi connectivity index (χ1) is 12.3. The van der Waals surface area contributed by atoms with E-state index in [-0.39, 0.29) is 5.91 Å². The molecular formula is C19H17N5O. The molecule has 25 heavy (non-hydrogen) atoms. The van der Waals surface area contributed by atoms with E-state index < -0.39 is 0 Å². The fourth-order valence-corrected chi connectivity index (χ4v) is 2.79. The first-order valence-electron chi connectivity index (χ1n) is 8.05. The quantitative estimate of drug-likeness (QED) is 0.611. The van der Waals surface area contributed by atoms with Gasteiger partial charge in [-0.1, -0.05) is 18.2 Å². The van der Waals surface area contributed by atoms with Gasteiger partial charge in [-0.05, 0) is 35.9 Å². The van der Waals surface area contributed by atoms with Crippen molar-refractivity contribution in [3.8, 4) is 0 Å². The number of rotatable bonds is 5. The summed E-state index contributed by atoms with van der Waals surface area (Å²) in [6, 6.07) is 15.3. The van der Waals surface area contributed by atoms with Crippen LogP contribution in [0.1, 0.15) is 21.5 Å². The molecule has 124 valence electrons. The fourth-order valence-electron chi connectivity index (χ4n) is 2.79. The van der Waals surface area contributed by atoms with Crippen molar-refractivity contribution in [3.63, 3.8) is 0 Å². The van der Waals surface area contributed by atoms with Gasteiger partial charge in [0, 0.05) is 36.3 Å². The zero-order chi connectivity index (χ0) is 17.1. The van der Waals surface area contributed by atoms with Crippen LogP contribution in [0, 0.1) is 0 Å². The number of carbonyl (C=O) groups is 1. The maximum absolute atomic E-state index is 12.5. The molecule has 0 aliphatic heterocycles. The van der Waals surface area contributed by atoms with Gasteiger partial charge in [-0.25, -0.2) is 4.52 Å². The van der Waals surface area contributed by atoms with Crippen LogP contribution < -0.4 is 5.32 Å². The van der Waals surface area contributed by atoms with Gasteiger partial charge in [0.05, 0.1) is 18.3 Å². The number of carbonyl (C=O) groups excluding carboxylic acids is 1. The maximum atomic E-state index is 12.5. The first kappa shape index (κ1) is 15.1. The van der Waals surface area contributed by atoms with E-state index in [1.807, 2.05) is 65.6 Å². The second-order valence-corrected chi connectivity index (χ2v) is 5.79. The Morgan fingerprint density at radius 1 is 1.04 bits per heavy atom. The van der Waals surface area contributed by atoms with Gasteiger partial charge in [-0.2, -0.15) is 10.2 Å². The number of nitrogens with zero attached hydrogens (tertiary/aromatic N) is 4. The molecular weight excluding hydrogens is 314 g/mol. The van der Waals surface area contributed by atoms with Crippen LogP contribution in [-0.4, -0.2) is 25.3 Å². The van der Waals surface area contributed by atoms with Gasteiger partial charge < -0.3 is 5.32 Å². The van der Waals surface area contributed by atoms with Crippen LogP contribution in [0.4, 0.5) is 0 Å². The van der Waals surface area contributed by atoms with Crippen LogP contribution in [0.2, 0.25) is 0 Å². The molecule has 0 saturated carbocycles. The zero-order valence-corrected chi connectivity index (χ0v) is 13.5. The molecule has 1 aromatic carbocycles. The van der Waals surface area contributed by atoms with Crippen molar-refractivity contribution >= 4 is 11.4 Å². The second-order valence-electron chi connectivity index (χ2n) is 5.79. The van der Waals surface area contributed by atoms with E-state index in [1.54, 1.807) is 16.9 Å². The topological polar surface area (TPSA) is 64.2 Å². The largest absolute Gasteiger partial charge is 0.348 e. The average Bonchev–Trinajstić information content (AvgIpc) is 3.30. The summed E-state index contributed by atoms with van der Waals surface area (Å²) in [7, 11) is 0. The molecule has 0 spiro atoms. The van der Waals surface area contributed by atoms with Gasteiger partial charge in [0.25, 0.3) is 5.91 Å². The number of fused-ring (bicyclic) bond motifs is 1. The Morgan fingerprint density at radius 2 is 2.00 bits per heavy atom. The number of nitrogens with one attached hydrogen (secondary N) is 1. The molecule has 3 aromatic heterocycles. The summed E-state index contributed by atoms with van der Waals surface area (Å²) in [4.78, 5) is 12.5. The summed E-state index contributed by atoms with van der Waals surface area (Å²) in [5, 5.41) is 11.4. The van der Waals surface area contributed by atoms with Crippen molar-refractivity contribution in [2.75, 3.05) is 0 Å². The van der Waals surface area contributed by atoms with Crippen LogP contribution in [0.3, 0.4) is 0 Å². The number of hydrogen-bond acceptors (Lipinski definition) is 3. The number of pyridine rings is 1. The fraction of sp³-hybridized carbons (Fsp3) is 0.105. The van der Waals surface area contributed by atoms with Crippen LogP contribution in [0.5, 0.6) is 0 Å². The molecule has 1 N–H and O–H groups in total. The van der Waals surface area contributed by atoms with Crippen LogP contribution in [0.25, 0.3) is 5.52 Å². The van der Waals surface area contributed by atoms with E-state index in [0.717, 1.165) is 16.6 Å². The summed E-state index contributed by atoms with van der Waals surface area (Å²) < 4.78 is 3.63. The number of amides is 1. The third-order valence-corrected chi connectivity index (χ3v) is 4.04. The SMILES string of the molecule is O=C(NCc1cnn2ccccc12)c1cccc(Cn2cccn2)c1. The monoisotopic (exact) mass is 331 g/mol. The summed E-state index contributed by atoms with van der Waals surface area (Å²) >= 11 is 0. The Labute approximate surface area is 144 Å². The van der Waals surface area contributed by atoms with Gasteiger partial charge in [0.15, 0.2) is 0 Å². The first-order valence-corrected chi connectivity index (χ1v) is 8.05. The number of hydrogen-bond donors (Lipinski definition) is 1. The normalized spacial score (nSPS) is 10.9. The Balaban J connectivity index is 1.46. The molecule has 0 atom stereocenters. The van der Waals surface area contributed by atoms with Crippen molar-refractivity contribution in [2.45, 2.75) is 13.1 Å². The smallest absolute Gasteiger partial charge is 0.251 e. The number of aromatic nitrogens is 4. The van der Waals surface area contributed by atoms with Crippen molar-refractivity contribution in [2.24, 2.45) is 0 Å². The minimum Gasteiger partial charge on any atom is -0.348 e. The summed E-state index contributed by atoms with van der Waals surface area (Å²) in [5.74, 6) is -0.0994. The second kappa shape index (κ2) is 6.60. The highest BCUT2D eigenvalue weighted by Crippen LogP contribution is 2.11. The van der Waals surface area contributed by atoms with E-state index >= 15 is 0 Å². The maximum Gasteiger partial charge on any atom is 0.251 e. The summed E-state index contributed by atoms with van der Waals surface area (Å²) in [6.07, 6.45) is 7.31. The van der Waals surface area contributed by atoms with E-state index in [0.29, 0.717) is 18.7 Å². The Kier molecular flexibility index (Phi) is 4.00.